The van der Waals surface area contributed by atoms with E-state index in [1.54, 1.807) is 41.5 Å². The standard InChI is InChI=1S/C18H20ClFN2O.C12H16ClFN2O2.C11H15ClO2.C6H5BClFO2.C6H14N2O2/c1-17(2)11-7-8-18(17,3)15-14(11)16(23)22(21(15)4)13-9-10(20)5-6-12(13)19;1-12(2,3)18-11(17)16(4)15-10-7-8(14)5-6-9(10)13;1-10(2)6-4-5-11(10,3)8(13)7(6)9(12)14;8-6-2-1-4(9)3-5(6)7(10)11;1-6(2,3)10-5(9)8(4)7/h5-6,9,11H,7-8H2,1-4H3;5-7,15H,1-4H3;6-7H,4-5H2,1-3H3;1-3,10-11H;7H2,1-4H3/t11-,18+;;6-,7?,11+;;/m1.1../s1. The van der Waals surface area contributed by atoms with E-state index in [0.717, 1.165) is 59.1 Å². The molecule has 0 saturated heterocycles. The second kappa shape index (κ2) is 23.7. The number of ether oxygens (including phenoxy) is 2. The third-order valence-electron chi connectivity index (χ3n) is 15.1. The van der Waals surface area contributed by atoms with Gasteiger partial charge < -0.3 is 19.5 Å². The Hall–Kier alpha value is -4.76. The lowest BCUT2D eigenvalue weighted by Crippen LogP contribution is -2.38. The molecule has 1 unspecified atom stereocenters. The summed E-state index contributed by atoms with van der Waals surface area (Å²) in [5.74, 6) is 3.66. The van der Waals surface area contributed by atoms with Gasteiger partial charge in [-0.15, -0.1) is 0 Å². The summed E-state index contributed by atoms with van der Waals surface area (Å²) < 4.78 is 52.6. The van der Waals surface area contributed by atoms with Gasteiger partial charge in [0.25, 0.3) is 5.56 Å². The molecule has 1 heterocycles. The number of aromatic nitrogens is 2. The van der Waals surface area contributed by atoms with Crippen LogP contribution in [0.15, 0.2) is 59.4 Å². The summed E-state index contributed by atoms with van der Waals surface area (Å²) >= 11 is 23.1. The minimum Gasteiger partial charge on any atom is -0.443 e. The summed E-state index contributed by atoms with van der Waals surface area (Å²) in [4.78, 5) is 58.8. The first-order valence-electron chi connectivity index (χ1n) is 24.4. The second-order valence-electron chi connectivity index (χ2n) is 22.9. The fourth-order valence-corrected chi connectivity index (χ4v) is 11.3. The number of carbonyl (C=O) groups excluding carboxylic acids is 4. The van der Waals surface area contributed by atoms with Gasteiger partial charge in [-0.05, 0) is 144 Å². The number of anilines is 1. The number of hydrogen-bond acceptors (Lipinski definition) is 11. The molecule has 3 fully saturated rings. The Kier molecular flexibility index (Phi) is 19.9. The van der Waals surface area contributed by atoms with Gasteiger partial charge in [0.2, 0.25) is 5.24 Å². The summed E-state index contributed by atoms with van der Waals surface area (Å²) in [6, 6.07) is 11.4. The van der Waals surface area contributed by atoms with E-state index in [4.69, 9.17) is 71.8 Å². The number of Topliss-reactive ketones (excluding diaryl/α,β-unsaturated/α-hetero) is 1. The molecule has 1 aromatic heterocycles. The molecule has 0 spiro atoms. The van der Waals surface area contributed by atoms with Crippen LogP contribution in [0.2, 0.25) is 15.1 Å². The Bertz CT molecular complexity index is 2890. The predicted molar refractivity (Wildman–Crippen MR) is 292 cm³/mol. The zero-order valence-corrected chi connectivity index (χ0v) is 48.6. The van der Waals surface area contributed by atoms with E-state index in [1.165, 1.54) is 61.2 Å². The van der Waals surface area contributed by atoms with E-state index in [2.05, 4.69) is 40.0 Å². The van der Waals surface area contributed by atoms with Crippen molar-refractivity contribution < 1.29 is 51.9 Å². The quantitative estimate of drug-likeness (QED) is 0.0370. The van der Waals surface area contributed by atoms with Crippen LogP contribution in [0.1, 0.15) is 126 Å². The van der Waals surface area contributed by atoms with Gasteiger partial charge in [-0.1, -0.05) is 76.3 Å². The third kappa shape index (κ3) is 13.6. The highest BCUT2D eigenvalue weighted by Gasteiger charge is 2.67. The maximum Gasteiger partial charge on any atom is 0.490 e. The van der Waals surface area contributed by atoms with Gasteiger partial charge >= 0.3 is 19.3 Å². The fourth-order valence-electron chi connectivity index (χ4n) is 10.5. The van der Waals surface area contributed by atoms with E-state index in [0.29, 0.717) is 21.4 Å². The summed E-state index contributed by atoms with van der Waals surface area (Å²) in [6.45, 7) is 23.5. The molecule has 3 aromatic carbocycles. The van der Waals surface area contributed by atoms with Crippen molar-refractivity contribution in [2.24, 2.45) is 41.0 Å². The number of ketones is 1. The van der Waals surface area contributed by atoms with Crippen LogP contribution in [0.5, 0.6) is 0 Å². The molecule has 5 atom stereocenters. The molecular formula is C53H70BCl4F3N6O9. The monoisotopic (exact) mass is 1140 g/mol. The third-order valence-corrected chi connectivity index (χ3v) is 16.3. The molecule has 4 bridgehead atoms. The predicted octanol–water partition coefficient (Wildman–Crippen LogP) is 11.1. The summed E-state index contributed by atoms with van der Waals surface area (Å²) in [6.07, 6.45) is 2.87. The number of benzene rings is 3. The molecule has 8 rings (SSSR count). The van der Waals surface area contributed by atoms with Crippen LogP contribution in [0.4, 0.5) is 28.4 Å². The second-order valence-corrected chi connectivity index (χ2v) is 24.5. The number of nitrogens with one attached hydrogen (secondary N) is 1. The lowest BCUT2D eigenvalue weighted by Gasteiger charge is -2.36. The molecule has 5 N–H and O–H groups in total. The highest BCUT2D eigenvalue weighted by molar-refractivity contribution is 6.66. The molecule has 418 valence electrons. The number of hydrogen-bond donors (Lipinski definition) is 4. The number of hydrazine groups is 2. The van der Waals surface area contributed by atoms with Gasteiger partial charge in [0.1, 0.15) is 28.7 Å². The molecule has 0 radical (unpaired) electrons. The number of halogens is 7. The van der Waals surface area contributed by atoms with Crippen molar-refractivity contribution in [1.82, 2.24) is 19.4 Å². The molecule has 4 aliphatic rings. The Morgan fingerprint density at radius 3 is 1.67 bits per heavy atom. The summed E-state index contributed by atoms with van der Waals surface area (Å²) in [5.41, 5.74) is 3.84. The molecule has 23 heteroatoms. The van der Waals surface area contributed by atoms with Gasteiger partial charge in [0.05, 0.1) is 33.0 Å². The van der Waals surface area contributed by atoms with Crippen LogP contribution >= 0.6 is 46.4 Å². The van der Waals surface area contributed by atoms with Gasteiger partial charge in [-0.3, -0.25) is 24.5 Å². The SMILES string of the molecule is CC1(C)[C@@H]2CC[C@@]1(C)C(=O)C2C(=O)Cl.CN(N)C(=O)OC(C)(C)C.CN(Nc1cc(F)ccc1Cl)C(=O)OC(C)(C)C.Cn1c2c(c(=O)n1-c1cc(F)ccc1Cl)[C@H]1CC[C@]2(C)C1(C)C.OB(O)c1cc(F)ccc1Cl. The smallest absolute Gasteiger partial charge is 0.443 e. The normalized spacial score (nSPS) is 22.0. The first-order chi connectivity index (χ1) is 34.6. The van der Waals surface area contributed by atoms with E-state index >= 15 is 0 Å². The average molecular weight is 1140 g/mol. The average Bonchev–Trinajstić information content (AvgIpc) is 3.89. The number of amides is 2. The van der Waals surface area contributed by atoms with Crippen molar-refractivity contribution in [1.29, 1.82) is 0 Å². The topological polar surface area (TPSA) is 199 Å². The van der Waals surface area contributed by atoms with Crippen LogP contribution < -0.4 is 22.3 Å². The van der Waals surface area contributed by atoms with Crippen molar-refractivity contribution in [3.63, 3.8) is 0 Å². The molecule has 15 nitrogen and oxygen atoms in total. The molecular weight excluding hydrogens is 1070 g/mol. The van der Waals surface area contributed by atoms with Gasteiger partial charge in [0, 0.05) is 60.2 Å². The van der Waals surface area contributed by atoms with Crippen molar-refractivity contribution in [2.45, 2.75) is 131 Å². The zero-order valence-electron chi connectivity index (χ0n) is 45.6. The Balaban J connectivity index is 0.000000213. The fraction of sp³-hybridized carbons (Fsp3) is 0.528. The van der Waals surface area contributed by atoms with Gasteiger partial charge in [-0.25, -0.2) is 43.3 Å². The van der Waals surface area contributed by atoms with Crippen molar-refractivity contribution >= 4 is 87.9 Å². The van der Waals surface area contributed by atoms with Crippen molar-refractivity contribution in [2.75, 3.05) is 19.5 Å². The van der Waals surface area contributed by atoms with Gasteiger partial charge in [0.15, 0.2) is 5.78 Å². The van der Waals surface area contributed by atoms with Crippen LogP contribution in [-0.4, -0.2) is 85.1 Å². The largest absolute Gasteiger partial charge is 0.490 e. The van der Waals surface area contributed by atoms with Gasteiger partial charge in [-0.2, -0.15) is 0 Å². The number of carbonyl (C=O) groups is 4. The first kappa shape index (κ1) is 63.8. The van der Waals surface area contributed by atoms with Crippen molar-refractivity contribution in [3.05, 3.63) is 109 Å². The zero-order chi connectivity index (χ0) is 58.2. The van der Waals surface area contributed by atoms with Crippen LogP contribution in [0, 0.1) is 45.5 Å². The van der Waals surface area contributed by atoms with Crippen LogP contribution in [0.25, 0.3) is 5.69 Å². The number of rotatable bonds is 5. The number of nitrogens with two attached hydrogens (primary N) is 1. The Morgan fingerprint density at radius 2 is 1.24 bits per heavy atom. The molecule has 76 heavy (non-hydrogen) atoms. The Morgan fingerprint density at radius 1 is 0.750 bits per heavy atom. The van der Waals surface area contributed by atoms with Crippen LogP contribution in [0.3, 0.4) is 0 Å². The summed E-state index contributed by atoms with van der Waals surface area (Å²) in [7, 11) is 3.06. The van der Waals surface area contributed by atoms with E-state index in [-0.39, 0.29) is 55.3 Å². The maximum atomic E-state index is 13.7. The molecule has 2 amide bonds. The highest BCUT2D eigenvalue weighted by atomic mass is 35.5. The Labute approximate surface area is 463 Å². The molecule has 4 aromatic rings. The van der Waals surface area contributed by atoms with E-state index in [1.807, 2.05) is 18.7 Å². The number of nitrogens with zero attached hydrogens (tertiary/aromatic N) is 4. The molecule has 4 aliphatic carbocycles. The minimum absolute atomic E-state index is 0.0216. The minimum atomic E-state index is -1.72. The number of fused-ring (bicyclic) bond motifs is 7. The van der Waals surface area contributed by atoms with E-state index < -0.39 is 59.1 Å². The van der Waals surface area contributed by atoms with E-state index in [9.17, 15) is 37.1 Å². The highest BCUT2D eigenvalue weighted by Crippen LogP contribution is 2.67. The van der Waals surface area contributed by atoms with Crippen LogP contribution in [-0.2, 0) is 31.5 Å². The maximum absolute atomic E-state index is 13.7. The molecule has 0 aliphatic heterocycles. The summed E-state index contributed by atoms with van der Waals surface area (Å²) in [5, 5.41) is 19.6. The molecule has 3 saturated carbocycles. The first-order valence-corrected chi connectivity index (χ1v) is 25.9. The lowest BCUT2D eigenvalue weighted by atomic mass is 9.70. The van der Waals surface area contributed by atoms with Crippen molar-refractivity contribution in [3.8, 4) is 5.69 Å². The lowest BCUT2D eigenvalue weighted by molar-refractivity contribution is -0.135.